The summed E-state index contributed by atoms with van der Waals surface area (Å²) in [6.45, 7) is 11.3. The van der Waals surface area contributed by atoms with Crippen LogP contribution in [0.1, 0.15) is 75.8 Å². The Morgan fingerprint density at radius 2 is 1.69 bits per heavy atom. The van der Waals surface area contributed by atoms with Crippen LogP contribution < -0.4 is 21.1 Å². The minimum atomic E-state index is -1.19. The summed E-state index contributed by atoms with van der Waals surface area (Å²) in [6, 6.07) is 12.5. The maximum atomic E-state index is 13.6. The first-order valence-electron chi connectivity index (χ1n) is 17.0. The zero-order valence-corrected chi connectivity index (χ0v) is 29.6. The highest BCUT2D eigenvalue weighted by Gasteiger charge is 2.48. The maximum absolute atomic E-state index is 13.6. The van der Waals surface area contributed by atoms with Crippen molar-refractivity contribution >= 4 is 23.8 Å². The lowest BCUT2D eigenvalue weighted by atomic mass is 9.92. The maximum Gasteiger partial charge on any atom is 0.347 e. The summed E-state index contributed by atoms with van der Waals surface area (Å²) in [5.41, 5.74) is 8.29. The molecule has 4 rings (SSSR count). The van der Waals surface area contributed by atoms with Crippen LogP contribution in [0, 0.1) is 24.2 Å². The topological polar surface area (TPSA) is 159 Å². The smallest absolute Gasteiger partial charge is 0.347 e. The van der Waals surface area contributed by atoms with Crippen LogP contribution in [0.15, 0.2) is 54.6 Å². The fourth-order valence-corrected chi connectivity index (χ4v) is 5.90. The average molecular weight is 678 g/mol. The normalized spacial score (nSPS) is 26.2. The minimum absolute atomic E-state index is 0.0215. The molecule has 11 heteroatoms. The lowest BCUT2D eigenvalue weighted by molar-refractivity contribution is -0.179. The Morgan fingerprint density at radius 1 is 1.00 bits per heavy atom. The second-order valence-corrected chi connectivity index (χ2v) is 14.1. The number of aryl methyl sites for hydroxylation is 1. The van der Waals surface area contributed by atoms with Crippen LogP contribution in [-0.4, -0.2) is 61.8 Å². The van der Waals surface area contributed by atoms with Gasteiger partial charge in [-0.05, 0) is 67.5 Å². The van der Waals surface area contributed by atoms with Gasteiger partial charge in [0.25, 0.3) is 0 Å². The summed E-state index contributed by atoms with van der Waals surface area (Å²) in [5.74, 6) is -1.78. The van der Waals surface area contributed by atoms with E-state index >= 15 is 0 Å². The second kappa shape index (κ2) is 16.5. The Hall–Kier alpha value is -4.22. The van der Waals surface area contributed by atoms with Gasteiger partial charge in [-0.3, -0.25) is 14.4 Å². The van der Waals surface area contributed by atoms with E-state index in [9.17, 15) is 19.2 Å². The second-order valence-electron chi connectivity index (χ2n) is 14.1. The van der Waals surface area contributed by atoms with E-state index in [-0.39, 0.29) is 49.9 Å². The van der Waals surface area contributed by atoms with E-state index in [0.717, 1.165) is 22.3 Å². The molecule has 1 saturated heterocycles. The standard InChI is InChI=1S/C38H51N3O8/c1-22(2)17-31-36(44)47-30(24(4)33-34(49-33)27-14-11-25(20-39)12-15-27)9-8-10-32(42)41-28(19-26-13-16-29(46-7)23(3)18-26)35(43)40-21-38(5,6)37(45)48-31/h8,10-16,18,22,24,28,30-31,33-34H,9,17,19-21,39H2,1-7H3,(H,40,43)(H,41,42)/b10-8+/t24-,28?,30-,31-,33+,34+/m0/s1. The van der Waals surface area contributed by atoms with E-state index < -0.39 is 47.4 Å². The molecule has 0 spiro atoms. The highest BCUT2D eigenvalue weighted by molar-refractivity contribution is 5.93. The Labute approximate surface area is 289 Å². The number of carbonyl (C=O) groups excluding carboxylic acids is 4. The zero-order chi connectivity index (χ0) is 35.9. The van der Waals surface area contributed by atoms with Gasteiger partial charge in [-0.25, -0.2) is 4.79 Å². The molecule has 11 nitrogen and oxygen atoms in total. The molecule has 0 bridgehead atoms. The number of nitrogens with two attached hydrogens (primary N) is 1. The fourth-order valence-electron chi connectivity index (χ4n) is 5.90. The molecule has 266 valence electrons. The van der Waals surface area contributed by atoms with Crippen molar-refractivity contribution in [1.29, 1.82) is 0 Å². The number of epoxide rings is 1. The van der Waals surface area contributed by atoms with Gasteiger partial charge in [0, 0.05) is 31.8 Å². The molecule has 2 aliphatic rings. The summed E-state index contributed by atoms with van der Waals surface area (Å²) < 4.78 is 23.3. The number of carbonyl (C=O) groups is 4. The van der Waals surface area contributed by atoms with Crippen LogP contribution in [0.3, 0.4) is 0 Å². The highest BCUT2D eigenvalue weighted by Crippen LogP contribution is 2.45. The van der Waals surface area contributed by atoms with Gasteiger partial charge in [0.2, 0.25) is 11.8 Å². The van der Waals surface area contributed by atoms with E-state index in [1.54, 1.807) is 27.0 Å². The number of ether oxygens (including phenoxy) is 4. The van der Waals surface area contributed by atoms with Gasteiger partial charge in [0.15, 0.2) is 6.10 Å². The quantitative estimate of drug-likeness (QED) is 0.261. The van der Waals surface area contributed by atoms with Crippen LogP contribution in [0.5, 0.6) is 5.75 Å². The number of rotatable bonds is 9. The lowest BCUT2D eigenvalue weighted by Gasteiger charge is -2.29. The molecule has 2 aromatic rings. The first kappa shape index (κ1) is 37.6. The lowest BCUT2D eigenvalue weighted by Crippen LogP contribution is -2.51. The molecular weight excluding hydrogens is 626 g/mol. The van der Waals surface area contributed by atoms with Gasteiger partial charge >= 0.3 is 11.9 Å². The summed E-state index contributed by atoms with van der Waals surface area (Å²) in [5, 5.41) is 5.62. The number of amides is 2. The van der Waals surface area contributed by atoms with Crippen molar-refractivity contribution in [3.63, 3.8) is 0 Å². The summed E-state index contributed by atoms with van der Waals surface area (Å²) in [7, 11) is 1.59. The molecule has 1 fully saturated rings. The molecule has 2 amide bonds. The molecule has 0 saturated carbocycles. The number of hydrogen-bond acceptors (Lipinski definition) is 9. The fraction of sp³-hybridized carbons (Fsp3) is 0.526. The molecule has 4 N–H and O–H groups in total. The van der Waals surface area contributed by atoms with E-state index in [1.165, 1.54) is 6.08 Å². The van der Waals surface area contributed by atoms with Crippen molar-refractivity contribution in [2.24, 2.45) is 23.0 Å². The largest absolute Gasteiger partial charge is 0.496 e. The summed E-state index contributed by atoms with van der Waals surface area (Å²) in [4.78, 5) is 53.8. The number of nitrogens with one attached hydrogen (secondary N) is 2. The molecule has 2 heterocycles. The summed E-state index contributed by atoms with van der Waals surface area (Å²) >= 11 is 0. The number of esters is 2. The van der Waals surface area contributed by atoms with Gasteiger partial charge in [-0.1, -0.05) is 63.2 Å². The monoisotopic (exact) mass is 677 g/mol. The highest BCUT2D eigenvalue weighted by atomic mass is 16.6. The third-order valence-electron chi connectivity index (χ3n) is 9.07. The molecule has 0 aromatic heterocycles. The predicted molar refractivity (Wildman–Crippen MR) is 184 cm³/mol. The Morgan fingerprint density at radius 3 is 2.33 bits per heavy atom. The number of methoxy groups -OCH3 is 1. The van der Waals surface area contributed by atoms with Crippen molar-refractivity contribution in [3.05, 3.63) is 76.9 Å². The molecule has 2 aromatic carbocycles. The van der Waals surface area contributed by atoms with Crippen LogP contribution in [0.2, 0.25) is 0 Å². The molecule has 1 unspecified atom stereocenters. The zero-order valence-electron chi connectivity index (χ0n) is 29.6. The molecule has 6 atom stereocenters. The van der Waals surface area contributed by atoms with E-state index in [4.69, 9.17) is 24.7 Å². The van der Waals surface area contributed by atoms with Crippen molar-refractivity contribution in [2.45, 2.75) is 97.8 Å². The predicted octanol–water partition coefficient (Wildman–Crippen LogP) is 4.24. The number of hydrogen-bond donors (Lipinski definition) is 3. The van der Waals surface area contributed by atoms with E-state index in [0.29, 0.717) is 12.3 Å². The Kier molecular flexibility index (Phi) is 12.6. The number of benzene rings is 2. The molecular formula is C38H51N3O8. The van der Waals surface area contributed by atoms with Crippen molar-refractivity contribution in [3.8, 4) is 5.75 Å². The summed E-state index contributed by atoms with van der Waals surface area (Å²) in [6.07, 6.45) is 1.38. The third kappa shape index (κ3) is 10.1. The van der Waals surface area contributed by atoms with Gasteiger partial charge in [-0.15, -0.1) is 0 Å². The molecule has 0 aliphatic carbocycles. The van der Waals surface area contributed by atoms with Gasteiger partial charge < -0.3 is 35.3 Å². The first-order chi connectivity index (χ1) is 23.2. The van der Waals surface area contributed by atoms with Crippen LogP contribution in [-0.2, 0) is 46.4 Å². The van der Waals surface area contributed by atoms with Gasteiger partial charge in [-0.2, -0.15) is 0 Å². The van der Waals surface area contributed by atoms with Gasteiger partial charge in [0.1, 0.15) is 24.0 Å². The SMILES string of the molecule is COc1ccc(CC2NC(=O)/C=C/C[C@@H]([C@H](C)[C@H]3O[C@@H]3c3ccc(CN)cc3)OC(=O)[C@H](CC(C)C)OC(=O)C(C)(C)CNC2=O)cc1C. The van der Waals surface area contributed by atoms with Gasteiger partial charge in [0.05, 0.1) is 18.6 Å². The van der Waals surface area contributed by atoms with Crippen molar-refractivity contribution in [2.75, 3.05) is 13.7 Å². The third-order valence-corrected chi connectivity index (χ3v) is 9.07. The molecule has 2 aliphatic heterocycles. The van der Waals surface area contributed by atoms with Crippen molar-refractivity contribution < 1.29 is 38.1 Å². The minimum Gasteiger partial charge on any atom is -0.496 e. The number of cyclic esters (lactones) is 2. The van der Waals surface area contributed by atoms with Crippen LogP contribution in [0.25, 0.3) is 0 Å². The van der Waals surface area contributed by atoms with Crippen molar-refractivity contribution in [1.82, 2.24) is 10.6 Å². The van der Waals surface area contributed by atoms with E-state index in [1.807, 2.05) is 70.2 Å². The van der Waals surface area contributed by atoms with Crippen LogP contribution in [0.4, 0.5) is 0 Å². The molecule has 0 radical (unpaired) electrons. The van der Waals surface area contributed by atoms with E-state index in [2.05, 4.69) is 10.6 Å². The Balaban J connectivity index is 1.60. The Bertz CT molecular complexity index is 1520. The first-order valence-corrected chi connectivity index (χ1v) is 17.0. The molecule has 49 heavy (non-hydrogen) atoms. The average Bonchev–Trinajstić information content (AvgIpc) is 3.86. The van der Waals surface area contributed by atoms with Crippen LogP contribution >= 0.6 is 0 Å².